The van der Waals surface area contributed by atoms with Crippen LogP contribution in [0.2, 0.25) is 0 Å². The number of aliphatic hydroxyl groups is 2. The van der Waals surface area contributed by atoms with Crippen molar-refractivity contribution >= 4 is 11.9 Å². The molecule has 2 N–H and O–H groups in total. The molecule has 2 atom stereocenters. The highest BCUT2D eigenvalue weighted by molar-refractivity contribution is 5.82. The Balaban J connectivity index is 1.22. The summed E-state index contributed by atoms with van der Waals surface area (Å²) < 4.78 is 16.3. The Morgan fingerprint density at radius 2 is 1.07 bits per heavy atom. The molecule has 220 valence electrons. The minimum Gasteiger partial charge on any atom is -0.461 e. The number of esters is 2. The van der Waals surface area contributed by atoms with E-state index in [9.17, 15) is 19.8 Å². The topological polar surface area (TPSA) is 102 Å². The smallest absolute Gasteiger partial charge is 0.344 e. The lowest BCUT2D eigenvalue weighted by Crippen LogP contribution is -2.45. The molecule has 2 aromatic carbocycles. The van der Waals surface area contributed by atoms with Crippen molar-refractivity contribution in [2.45, 2.75) is 75.4 Å². The quantitative estimate of drug-likeness (QED) is 0.225. The summed E-state index contributed by atoms with van der Waals surface area (Å²) in [4.78, 5) is 26.1. The second kappa shape index (κ2) is 15.2. The first kappa shape index (κ1) is 30.8. The third kappa shape index (κ3) is 7.56. The van der Waals surface area contributed by atoms with Crippen molar-refractivity contribution in [1.82, 2.24) is 0 Å². The molecule has 0 radical (unpaired) electrons. The number of carbonyl (C=O) groups excluding carboxylic acids is 2. The number of carbonyl (C=O) groups is 2. The molecule has 2 unspecified atom stereocenters. The van der Waals surface area contributed by atoms with Crippen molar-refractivity contribution in [3.8, 4) is 11.8 Å². The van der Waals surface area contributed by atoms with Crippen LogP contribution in [0.25, 0.3) is 0 Å². The Bertz CT molecular complexity index is 1160. The average molecular weight is 563 g/mol. The zero-order chi connectivity index (χ0) is 29.0. The second-order valence-electron chi connectivity index (χ2n) is 11.1. The molecule has 0 aromatic heterocycles. The van der Waals surface area contributed by atoms with Crippen LogP contribution in [-0.4, -0.2) is 48.6 Å². The van der Waals surface area contributed by atoms with Crippen LogP contribution in [0.1, 0.15) is 75.3 Å². The molecule has 4 rings (SSSR count). The van der Waals surface area contributed by atoms with E-state index >= 15 is 0 Å². The van der Waals surface area contributed by atoms with Gasteiger partial charge in [-0.05, 0) is 36.8 Å². The van der Waals surface area contributed by atoms with Gasteiger partial charge in [0.1, 0.15) is 13.2 Å². The van der Waals surface area contributed by atoms with Crippen LogP contribution in [0.5, 0.6) is 0 Å². The number of ether oxygens (including phenoxy) is 3. The van der Waals surface area contributed by atoms with Crippen molar-refractivity contribution in [2.75, 3.05) is 26.4 Å². The van der Waals surface area contributed by atoms with Crippen LogP contribution in [0.15, 0.2) is 60.7 Å². The van der Waals surface area contributed by atoms with Gasteiger partial charge in [-0.2, -0.15) is 0 Å². The highest BCUT2D eigenvalue weighted by Gasteiger charge is 2.48. The van der Waals surface area contributed by atoms with E-state index in [0.29, 0.717) is 11.1 Å². The van der Waals surface area contributed by atoms with E-state index in [1.165, 1.54) is 0 Å². The lowest BCUT2D eigenvalue weighted by molar-refractivity contribution is -0.177. The van der Waals surface area contributed by atoms with Gasteiger partial charge in [-0.1, -0.05) is 111 Å². The molecular weight excluding hydrogens is 520 g/mol. The molecular formula is C34H42O7. The third-order valence-corrected chi connectivity index (χ3v) is 8.48. The van der Waals surface area contributed by atoms with E-state index in [-0.39, 0.29) is 38.3 Å². The normalized spacial score (nSPS) is 19.2. The molecule has 2 aliphatic carbocycles. The largest absolute Gasteiger partial charge is 0.461 e. The van der Waals surface area contributed by atoms with E-state index in [1.54, 1.807) is 24.3 Å². The van der Waals surface area contributed by atoms with E-state index in [0.717, 1.165) is 64.2 Å². The number of benzene rings is 2. The fourth-order valence-corrected chi connectivity index (χ4v) is 6.21. The molecule has 2 fully saturated rings. The first-order valence-corrected chi connectivity index (χ1v) is 14.9. The van der Waals surface area contributed by atoms with Crippen molar-refractivity contribution in [2.24, 2.45) is 11.8 Å². The standard InChI is InChI=1S/C34H42O7/c35-31(33(37,27-15-5-1-6-16-27)28-17-7-2-8-18-28)40-24-14-13-23-39-25-26-41-32(36)34(38,29-19-9-3-10-20-29)30-21-11-4-12-22-30/h1,3,5-6,9-10,15-16,19-20,28,30,37-38H,2,4,7-8,11-12,17-18,21-26H2. The van der Waals surface area contributed by atoms with E-state index < -0.39 is 23.1 Å². The molecule has 2 saturated carbocycles. The fourth-order valence-electron chi connectivity index (χ4n) is 6.21. The van der Waals surface area contributed by atoms with Crippen molar-refractivity contribution in [3.05, 3.63) is 71.8 Å². The summed E-state index contributed by atoms with van der Waals surface area (Å²) >= 11 is 0. The van der Waals surface area contributed by atoms with Crippen LogP contribution in [0.4, 0.5) is 0 Å². The zero-order valence-electron chi connectivity index (χ0n) is 23.8. The summed E-state index contributed by atoms with van der Waals surface area (Å²) in [6, 6.07) is 18.0. The number of hydrogen-bond donors (Lipinski definition) is 2. The van der Waals surface area contributed by atoms with Gasteiger partial charge in [0.05, 0.1) is 6.61 Å². The van der Waals surface area contributed by atoms with E-state index in [2.05, 4.69) is 11.8 Å². The zero-order valence-corrected chi connectivity index (χ0v) is 23.8. The van der Waals surface area contributed by atoms with Gasteiger partial charge in [-0.3, -0.25) is 0 Å². The average Bonchev–Trinajstić information content (AvgIpc) is 3.04. The Kier molecular flexibility index (Phi) is 11.4. The summed E-state index contributed by atoms with van der Waals surface area (Å²) in [7, 11) is 0. The summed E-state index contributed by atoms with van der Waals surface area (Å²) in [5.41, 5.74) is -2.26. The Morgan fingerprint density at radius 3 is 1.56 bits per heavy atom. The fraction of sp³-hybridized carbons (Fsp3) is 0.529. The maximum absolute atomic E-state index is 13.1. The predicted molar refractivity (Wildman–Crippen MR) is 154 cm³/mol. The highest BCUT2D eigenvalue weighted by atomic mass is 16.6. The second-order valence-corrected chi connectivity index (χ2v) is 11.1. The van der Waals surface area contributed by atoms with Gasteiger partial charge in [0, 0.05) is 11.8 Å². The molecule has 2 aliphatic rings. The lowest BCUT2D eigenvalue weighted by atomic mass is 9.73. The van der Waals surface area contributed by atoms with Gasteiger partial charge < -0.3 is 24.4 Å². The molecule has 0 saturated heterocycles. The molecule has 0 heterocycles. The molecule has 41 heavy (non-hydrogen) atoms. The summed E-state index contributed by atoms with van der Waals surface area (Å²) in [5, 5.41) is 23.1. The molecule has 0 aliphatic heterocycles. The van der Waals surface area contributed by atoms with Gasteiger partial charge in [0.2, 0.25) is 0 Å². The van der Waals surface area contributed by atoms with E-state index in [4.69, 9.17) is 14.2 Å². The summed E-state index contributed by atoms with van der Waals surface area (Å²) in [5.74, 6) is 3.84. The number of hydrogen-bond acceptors (Lipinski definition) is 7. The molecule has 2 aromatic rings. The summed E-state index contributed by atoms with van der Waals surface area (Å²) in [6.07, 6.45) is 9.24. The third-order valence-electron chi connectivity index (χ3n) is 8.48. The van der Waals surface area contributed by atoms with Crippen LogP contribution in [0, 0.1) is 23.7 Å². The van der Waals surface area contributed by atoms with Crippen molar-refractivity contribution in [3.63, 3.8) is 0 Å². The first-order valence-electron chi connectivity index (χ1n) is 14.9. The van der Waals surface area contributed by atoms with Crippen LogP contribution >= 0.6 is 0 Å². The van der Waals surface area contributed by atoms with Crippen molar-refractivity contribution in [1.29, 1.82) is 0 Å². The van der Waals surface area contributed by atoms with Gasteiger partial charge >= 0.3 is 11.9 Å². The van der Waals surface area contributed by atoms with Crippen LogP contribution < -0.4 is 0 Å². The minimum atomic E-state index is -1.69. The van der Waals surface area contributed by atoms with E-state index in [1.807, 2.05) is 36.4 Å². The predicted octanol–water partition coefficient (Wildman–Crippen LogP) is 5.03. The van der Waals surface area contributed by atoms with Crippen molar-refractivity contribution < 1.29 is 34.0 Å². The van der Waals surface area contributed by atoms with Gasteiger partial charge in [0.15, 0.2) is 17.8 Å². The molecule has 0 bridgehead atoms. The molecule has 7 heteroatoms. The number of rotatable bonds is 11. The van der Waals surface area contributed by atoms with Crippen LogP contribution in [-0.2, 0) is 35.0 Å². The highest BCUT2D eigenvalue weighted by Crippen LogP contribution is 2.41. The molecule has 0 spiro atoms. The van der Waals surface area contributed by atoms with Crippen LogP contribution in [0.3, 0.4) is 0 Å². The Morgan fingerprint density at radius 1 is 0.634 bits per heavy atom. The van der Waals surface area contributed by atoms with Gasteiger partial charge in [0.25, 0.3) is 0 Å². The lowest BCUT2D eigenvalue weighted by Gasteiger charge is -2.36. The SMILES string of the molecule is O=C(OCC#CCOCCOC(=O)C(O)(c1ccccc1)C1CCCCC1)C(O)(c1ccccc1)C1CCCCC1. The summed E-state index contributed by atoms with van der Waals surface area (Å²) in [6.45, 7) is 0.00480. The van der Waals surface area contributed by atoms with Gasteiger partial charge in [-0.25, -0.2) is 9.59 Å². The maximum Gasteiger partial charge on any atom is 0.344 e. The Hall–Kier alpha value is -3.18. The van der Waals surface area contributed by atoms with Gasteiger partial charge in [-0.15, -0.1) is 0 Å². The minimum absolute atomic E-state index is 0.0111. The Labute approximate surface area is 243 Å². The molecule has 0 amide bonds. The first-order chi connectivity index (χ1) is 20.0. The monoisotopic (exact) mass is 562 g/mol. The maximum atomic E-state index is 13.1. The molecule has 7 nitrogen and oxygen atoms in total.